The van der Waals surface area contributed by atoms with Gasteiger partial charge in [-0.15, -0.1) is 0 Å². The van der Waals surface area contributed by atoms with Crippen LogP contribution in [-0.4, -0.2) is 12.5 Å². The first kappa shape index (κ1) is 13.3. The molecule has 1 heterocycles. The molecule has 1 atom stereocenters. The van der Waals surface area contributed by atoms with Gasteiger partial charge in [0.25, 0.3) is 5.91 Å². The maximum absolute atomic E-state index is 12.4. The van der Waals surface area contributed by atoms with Gasteiger partial charge in [0.05, 0.1) is 12.6 Å². The lowest BCUT2D eigenvalue weighted by Crippen LogP contribution is -2.32. The van der Waals surface area contributed by atoms with Crippen LogP contribution in [0.2, 0.25) is 0 Å². The molecule has 1 aliphatic rings. The zero-order valence-corrected chi connectivity index (χ0v) is 11.5. The number of nitrogens with one attached hydrogen (secondary N) is 1. The maximum Gasteiger partial charge on any atom is 0.251 e. The smallest absolute Gasteiger partial charge is 0.251 e. The maximum atomic E-state index is 12.4. The summed E-state index contributed by atoms with van der Waals surface area (Å²) in [5.74, 6) is 0.636. The molecule has 0 bridgehead atoms. The molecule has 0 aromatic heterocycles. The second kappa shape index (κ2) is 5.36. The Morgan fingerprint density at radius 1 is 1.14 bits per heavy atom. The third-order valence-corrected chi connectivity index (χ3v) is 3.50. The highest BCUT2D eigenvalue weighted by molar-refractivity contribution is 5.96. The molecule has 1 unspecified atom stereocenters. The van der Waals surface area contributed by atoms with E-state index in [4.69, 9.17) is 16.2 Å². The van der Waals surface area contributed by atoms with Gasteiger partial charge in [-0.1, -0.05) is 18.2 Å². The molecule has 0 aliphatic carbocycles. The van der Waals surface area contributed by atoms with Gasteiger partial charge in [0.1, 0.15) is 5.75 Å². The summed E-state index contributed by atoms with van der Waals surface area (Å²) < 4.78 is 5.59. The fraction of sp³-hybridized carbons (Fsp3) is 0.188. The van der Waals surface area contributed by atoms with Crippen molar-refractivity contribution in [1.29, 1.82) is 0 Å². The van der Waals surface area contributed by atoms with Gasteiger partial charge >= 0.3 is 0 Å². The van der Waals surface area contributed by atoms with Crippen LogP contribution in [0.3, 0.4) is 0 Å². The molecule has 1 amide bonds. The number of benzene rings is 2. The lowest BCUT2D eigenvalue weighted by atomic mass is 10.00. The number of carbonyl (C=O) groups is 1. The van der Waals surface area contributed by atoms with E-state index < -0.39 is 0 Å². The van der Waals surface area contributed by atoms with E-state index in [0.29, 0.717) is 23.5 Å². The summed E-state index contributed by atoms with van der Waals surface area (Å²) in [6.45, 7) is 0.584. The van der Waals surface area contributed by atoms with Gasteiger partial charge in [0, 0.05) is 28.9 Å². The molecule has 0 saturated heterocycles. The van der Waals surface area contributed by atoms with Crippen molar-refractivity contribution in [3.8, 4) is 5.75 Å². The van der Waals surface area contributed by atoms with Crippen LogP contribution < -0.4 is 21.5 Å². The van der Waals surface area contributed by atoms with Crippen LogP contribution in [0, 0.1) is 0 Å². The predicted octanol–water partition coefficient (Wildman–Crippen LogP) is 2.10. The molecule has 0 spiro atoms. The quantitative estimate of drug-likeness (QED) is 0.736. The van der Waals surface area contributed by atoms with Crippen molar-refractivity contribution in [2.75, 3.05) is 18.1 Å². The highest BCUT2D eigenvalue weighted by Crippen LogP contribution is 2.31. The Labute approximate surface area is 122 Å². The summed E-state index contributed by atoms with van der Waals surface area (Å²) in [7, 11) is 0. The fourth-order valence-corrected chi connectivity index (χ4v) is 2.54. The van der Waals surface area contributed by atoms with E-state index in [1.54, 1.807) is 18.2 Å². The summed E-state index contributed by atoms with van der Waals surface area (Å²) >= 11 is 0. The monoisotopic (exact) mass is 283 g/mol. The van der Waals surface area contributed by atoms with Crippen LogP contribution in [0.4, 0.5) is 11.4 Å². The largest absolute Gasteiger partial charge is 0.493 e. The Hall–Kier alpha value is -2.69. The second-order valence-corrected chi connectivity index (χ2v) is 5.09. The second-order valence-electron chi connectivity index (χ2n) is 5.09. The minimum atomic E-state index is -0.185. The minimum Gasteiger partial charge on any atom is -0.493 e. The minimum absolute atomic E-state index is 0.0647. The lowest BCUT2D eigenvalue weighted by molar-refractivity contribution is 0.0925. The third kappa shape index (κ3) is 2.76. The standard InChI is InChI=1S/C16H17N3O2/c17-11-7-10(8-12(18)9-11)16(20)19-14-5-6-21-15-4-2-1-3-13(14)15/h1-4,7-9,14H,5-6,17-18H2,(H,19,20). The van der Waals surface area contributed by atoms with Gasteiger partial charge in [-0.25, -0.2) is 0 Å². The number of hydrogen-bond acceptors (Lipinski definition) is 4. The molecular weight excluding hydrogens is 266 g/mol. The molecule has 21 heavy (non-hydrogen) atoms. The highest BCUT2D eigenvalue weighted by Gasteiger charge is 2.23. The number of hydrogen-bond donors (Lipinski definition) is 3. The molecule has 2 aromatic rings. The number of nitrogen functional groups attached to an aromatic ring is 2. The van der Waals surface area contributed by atoms with E-state index in [9.17, 15) is 4.79 Å². The predicted molar refractivity (Wildman–Crippen MR) is 82.0 cm³/mol. The van der Waals surface area contributed by atoms with Crippen LogP contribution in [0.25, 0.3) is 0 Å². The number of rotatable bonds is 2. The van der Waals surface area contributed by atoms with Crippen LogP contribution in [0.5, 0.6) is 5.75 Å². The summed E-state index contributed by atoms with van der Waals surface area (Å²) in [6.07, 6.45) is 0.737. The van der Waals surface area contributed by atoms with Crippen molar-refractivity contribution < 1.29 is 9.53 Å². The zero-order chi connectivity index (χ0) is 14.8. The van der Waals surface area contributed by atoms with Gasteiger partial charge in [-0.2, -0.15) is 0 Å². The molecule has 5 N–H and O–H groups in total. The average Bonchev–Trinajstić information content (AvgIpc) is 2.46. The SMILES string of the molecule is Nc1cc(N)cc(C(=O)NC2CCOc3ccccc32)c1. The summed E-state index contributed by atoms with van der Waals surface area (Å²) in [5, 5.41) is 3.02. The van der Waals surface area contributed by atoms with Crippen molar-refractivity contribution in [3.63, 3.8) is 0 Å². The van der Waals surface area contributed by atoms with Crippen LogP contribution in [-0.2, 0) is 0 Å². The normalized spacial score (nSPS) is 16.7. The van der Waals surface area contributed by atoms with Gasteiger partial charge in [0.15, 0.2) is 0 Å². The highest BCUT2D eigenvalue weighted by atomic mass is 16.5. The number of nitrogens with two attached hydrogens (primary N) is 2. The van der Waals surface area contributed by atoms with Crippen molar-refractivity contribution >= 4 is 17.3 Å². The van der Waals surface area contributed by atoms with Crippen LogP contribution >= 0.6 is 0 Å². The van der Waals surface area contributed by atoms with E-state index in [-0.39, 0.29) is 11.9 Å². The van der Waals surface area contributed by atoms with Crippen molar-refractivity contribution in [1.82, 2.24) is 5.32 Å². The molecule has 5 heteroatoms. The van der Waals surface area contributed by atoms with E-state index in [2.05, 4.69) is 5.32 Å². The van der Waals surface area contributed by atoms with Gasteiger partial charge in [-0.05, 0) is 24.3 Å². The topological polar surface area (TPSA) is 90.4 Å². The number of anilines is 2. The number of carbonyl (C=O) groups excluding carboxylic acids is 1. The third-order valence-electron chi connectivity index (χ3n) is 3.50. The summed E-state index contributed by atoms with van der Waals surface area (Å²) in [6, 6.07) is 12.5. The summed E-state index contributed by atoms with van der Waals surface area (Å²) in [5.41, 5.74) is 13.9. The molecule has 0 radical (unpaired) electrons. The Morgan fingerprint density at radius 3 is 2.62 bits per heavy atom. The van der Waals surface area contributed by atoms with Crippen molar-refractivity contribution in [2.45, 2.75) is 12.5 Å². The van der Waals surface area contributed by atoms with Gasteiger partial charge in [-0.3, -0.25) is 4.79 Å². The molecule has 5 nitrogen and oxygen atoms in total. The Morgan fingerprint density at radius 2 is 1.86 bits per heavy atom. The van der Waals surface area contributed by atoms with E-state index in [1.807, 2.05) is 24.3 Å². The molecular formula is C16H17N3O2. The first-order valence-corrected chi connectivity index (χ1v) is 6.82. The van der Waals surface area contributed by atoms with Crippen LogP contribution in [0.15, 0.2) is 42.5 Å². The molecule has 2 aromatic carbocycles. The summed E-state index contributed by atoms with van der Waals surface area (Å²) in [4.78, 5) is 12.4. The number of fused-ring (bicyclic) bond motifs is 1. The molecule has 108 valence electrons. The van der Waals surface area contributed by atoms with E-state index in [0.717, 1.165) is 17.7 Å². The lowest BCUT2D eigenvalue weighted by Gasteiger charge is -2.26. The van der Waals surface area contributed by atoms with Crippen LogP contribution in [0.1, 0.15) is 28.4 Å². The number of ether oxygens (including phenoxy) is 1. The molecule has 3 rings (SSSR count). The first-order valence-electron chi connectivity index (χ1n) is 6.82. The molecule has 0 saturated carbocycles. The van der Waals surface area contributed by atoms with Gasteiger partial charge < -0.3 is 21.5 Å². The zero-order valence-electron chi connectivity index (χ0n) is 11.5. The number of para-hydroxylation sites is 1. The Kier molecular flexibility index (Phi) is 3.39. The molecule has 0 fully saturated rings. The van der Waals surface area contributed by atoms with E-state index >= 15 is 0 Å². The first-order chi connectivity index (χ1) is 10.1. The number of amides is 1. The average molecular weight is 283 g/mol. The van der Waals surface area contributed by atoms with Crippen molar-refractivity contribution in [3.05, 3.63) is 53.6 Å². The van der Waals surface area contributed by atoms with Gasteiger partial charge in [0.2, 0.25) is 0 Å². The Bertz CT molecular complexity index is 665. The van der Waals surface area contributed by atoms with E-state index in [1.165, 1.54) is 0 Å². The molecule has 1 aliphatic heterocycles. The fourth-order valence-electron chi connectivity index (χ4n) is 2.54. The van der Waals surface area contributed by atoms with Crippen molar-refractivity contribution in [2.24, 2.45) is 0 Å². The Balaban J connectivity index is 1.82.